The number of aromatic nitrogens is 4. The van der Waals surface area contributed by atoms with E-state index in [4.69, 9.17) is 0 Å². The predicted octanol–water partition coefficient (Wildman–Crippen LogP) is 0.822. The van der Waals surface area contributed by atoms with Gasteiger partial charge in [0, 0.05) is 19.4 Å². The van der Waals surface area contributed by atoms with E-state index >= 15 is 0 Å². The van der Waals surface area contributed by atoms with Gasteiger partial charge in [-0.3, -0.25) is 4.68 Å². The standard InChI is InChI=1S/C9H11N5/c1-14-6-9(5-13-14)11-4-8-2-3-10-7-12-8/h2-3,5-7,11H,4H2,1H3. The summed E-state index contributed by atoms with van der Waals surface area (Å²) in [6, 6.07) is 1.88. The summed E-state index contributed by atoms with van der Waals surface area (Å²) in [6.07, 6.45) is 6.97. The van der Waals surface area contributed by atoms with Crippen LogP contribution in [0.4, 0.5) is 5.69 Å². The van der Waals surface area contributed by atoms with E-state index in [-0.39, 0.29) is 0 Å². The molecule has 0 unspecified atom stereocenters. The Morgan fingerprint density at radius 1 is 1.50 bits per heavy atom. The second-order valence-electron chi connectivity index (χ2n) is 2.96. The van der Waals surface area contributed by atoms with E-state index in [1.165, 1.54) is 0 Å². The molecule has 1 N–H and O–H groups in total. The first kappa shape index (κ1) is 8.68. The fourth-order valence-electron chi connectivity index (χ4n) is 1.13. The largest absolute Gasteiger partial charge is 0.377 e. The Labute approximate surface area is 81.8 Å². The SMILES string of the molecule is Cn1cc(NCc2ccncn2)cn1. The van der Waals surface area contributed by atoms with E-state index in [1.54, 1.807) is 23.4 Å². The first-order chi connectivity index (χ1) is 6.84. The summed E-state index contributed by atoms with van der Waals surface area (Å²) in [5.74, 6) is 0. The summed E-state index contributed by atoms with van der Waals surface area (Å²) < 4.78 is 1.75. The molecule has 0 spiro atoms. The van der Waals surface area contributed by atoms with Crippen LogP contribution in [0.25, 0.3) is 0 Å². The summed E-state index contributed by atoms with van der Waals surface area (Å²) in [5.41, 5.74) is 1.95. The third-order valence-electron chi connectivity index (χ3n) is 1.82. The highest BCUT2D eigenvalue weighted by Gasteiger charge is 1.95. The third-order valence-corrected chi connectivity index (χ3v) is 1.82. The second-order valence-corrected chi connectivity index (χ2v) is 2.96. The molecule has 72 valence electrons. The smallest absolute Gasteiger partial charge is 0.115 e. The van der Waals surface area contributed by atoms with Crippen LogP contribution in [0.1, 0.15) is 5.69 Å². The highest BCUT2D eigenvalue weighted by molar-refractivity contribution is 5.38. The number of nitrogens with zero attached hydrogens (tertiary/aromatic N) is 4. The van der Waals surface area contributed by atoms with E-state index in [9.17, 15) is 0 Å². The summed E-state index contributed by atoms with van der Waals surface area (Å²) in [5, 5.41) is 7.26. The topological polar surface area (TPSA) is 55.6 Å². The lowest BCUT2D eigenvalue weighted by Crippen LogP contribution is -2.00. The first-order valence-electron chi connectivity index (χ1n) is 4.32. The van der Waals surface area contributed by atoms with Gasteiger partial charge in [0.25, 0.3) is 0 Å². The van der Waals surface area contributed by atoms with Crippen LogP contribution in [0.15, 0.2) is 31.0 Å². The zero-order valence-corrected chi connectivity index (χ0v) is 7.88. The van der Waals surface area contributed by atoms with Crippen molar-refractivity contribution in [3.8, 4) is 0 Å². The average Bonchev–Trinajstić information content (AvgIpc) is 2.63. The lowest BCUT2D eigenvalue weighted by Gasteiger charge is -2.01. The van der Waals surface area contributed by atoms with Crippen molar-refractivity contribution in [1.29, 1.82) is 0 Å². The van der Waals surface area contributed by atoms with Gasteiger partial charge in [0.05, 0.1) is 24.1 Å². The van der Waals surface area contributed by atoms with Crippen molar-refractivity contribution in [2.45, 2.75) is 6.54 Å². The minimum atomic E-state index is 0.689. The highest BCUT2D eigenvalue weighted by atomic mass is 15.3. The number of hydrogen-bond acceptors (Lipinski definition) is 4. The van der Waals surface area contributed by atoms with Crippen LogP contribution in [0.5, 0.6) is 0 Å². The van der Waals surface area contributed by atoms with Gasteiger partial charge in [-0.2, -0.15) is 5.10 Å². The van der Waals surface area contributed by atoms with Gasteiger partial charge in [0.2, 0.25) is 0 Å². The molecule has 0 aliphatic heterocycles. The van der Waals surface area contributed by atoms with E-state index < -0.39 is 0 Å². The quantitative estimate of drug-likeness (QED) is 0.776. The number of aryl methyl sites for hydroxylation is 1. The van der Waals surface area contributed by atoms with Gasteiger partial charge in [0.1, 0.15) is 6.33 Å². The van der Waals surface area contributed by atoms with Gasteiger partial charge in [0.15, 0.2) is 0 Å². The van der Waals surface area contributed by atoms with Gasteiger partial charge in [-0.1, -0.05) is 0 Å². The van der Waals surface area contributed by atoms with Crippen molar-refractivity contribution < 1.29 is 0 Å². The molecular formula is C9H11N5. The molecule has 0 radical (unpaired) electrons. The second kappa shape index (κ2) is 3.87. The summed E-state index contributed by atoms with van der Waals surface area (Å²) in [7, 11) is 1.88. The number of nitrogens with one attached hydrogen (secondary N) is 1. The lowest BCUT2D eigenvalue weighted by atomic mass is 10.4. The Morgan fingerprint density at radius 2 is 2.43 bits per heavy atom. The molecule has 2 aromatic heterocycles. The van der Waals surface area contributed by atoms with Crippen molar-refractivity contribution in [1.82, 2.24) is 19.7 Å². The van der Waals surface area contributed by atoms with E-state index in [0.717, 1.165) is 11.4 Å². The first-order valence-corrected chi connectivity index (χ1v) is 4.32. The minimum absolute atomic E-state index is 0.689. The lowest BCUT2D eigenvalue weighted by molar-refractivity contribution is 0.768. The maximum absolute atomic E-state index is 4.10. The molecule has 0 atom stereocenters. The van der Waals surface area contributed by atoms with Crippen molar-refractivity contribution in [2.75, 3.05) is 5.32 Å². The van der Waals surface area contributed by atoms with E-state index in [0.29, 0.717) is 6.54 Å². The average molecular weight is 189 g/mol. The Morgan fingerprint density at radius 3 is 3.07 bits per heavy atom. The molecule has 0 aliphatic rings. The van der Waals surface area contributed by atoms with Crippen LogP contribution in [0.2, 0.25) is 0 Å². The molecule has 2 aromatic rings. The van der Waals surface area contributed by atoms with Gasteiger partial charge in [-0.25, -0.2) is 9.97 Å². The van der Waals surface area contributed by atoms with Gasteiger partial charge in [-0.15, -0.1) is 0 Å². The van der Waals surface area contributed by atoms with Gasteiger partial charge < -0.3 is 5.32 Å². The van der Waals surface area contributed by atoms with Gasteiger partial charge >= 0.3 is 0 Å². The molecule has 5 heteroatoms. The van der Waals surface area contributed by atoms with Crippen LogP contribution in [0, 0.1) is 0 Å². The Kier molecular flexibility index (Phi) is 2.40. The monoisotopic (exact) mass is 189 g/mol. The fraction of sp³-hybridized carbons (Fsp3) is 0.222. The number of hydrogen-bond donors (Lipinski definition) is 1. The number of anilines is 1. The highest BCUT2D eigenvalue weighted by Crippen LogP contribution is 2.04. The minimum Gasteiger partial charge on any atom is -0.377 e. The molecule has 2 heterocycles. The third kappa shape index (κ3) is 2.07. The van der Waals surface area contributed by atoms with Crippen LogP contribution in [0.3, 0.4) is 0 Å². The molecule has 0 amide bonds. The number of rotatable bonds is 3. The summed E-state index contributed by atoms with van der Waals surface area (Å²) in [4.78, 5) is 7.95. The molecular weight excluding hydrogens is 178 g/mol. The Balaban J connectivity index is 1.95. The summed E-state index contributed by atoms with van der Waals surface area (Å²) >= 11 is 0. The van der Waals surface area contributed by atoms with Crippen molar-refractivity contribution in [3.63, 3.8) is 0 Å². The van der Waals surface area contributed by atoms with Crippen LogP contribution < -0.4 is 5.32 Å². The van der Waals surface area contributed by atoms with Crippen LogP contribution in [-0.2, 0) is 13.6 Å². The maximum atomic E-state index is 4.10. The summed E-state index contributed by atoms with van der Waals surface area (Å²) in [6.45, 7) is 0.689. The molecule has 0 saturated carbocycles. The molecule has 5 nitrogen and oxygen atoms in total. The molecule has 0 bridgehead atoms. The van der Waals surface area contributed by atoms with Crippen molar-refractivity contribution in [3.05, 3.63) is 36.7 Å². The van der Waals surface area contributed by atoms with E-state index in [1.807, 2.05) is 19.3 Å². The maximum Gasteiger partial charge on any atom is 0.115 e. The Hall–Kier alpha value is -1.91. The zero-order chi connectivity index (χ0) is 9.80. The fourth-order valence-corrected chi connectivity index (χ4v) is 1.13. The van der Waals surface area contributed by atoms with Crippen LogP contribution >= 0.6 is 0 Å². The molecule has 0 aliphatic carbocycles. The Bertz CT molecular complexity index is 395. The predicted molar refractivity (Wildman–Crippen MR) is 52.6 cm³/mol. The van der Waals surface area contributed by atoms with Crippen molar-refractivity contribution in [2.24, 2.45) is 7.05 Å². The van der Waals surface area contributed by atoms with E-state index in [2.05, 4.69) is 20.4 Å². The molecule has 0 saturated heterocycles. The van der Waals surface area contributed by atoms with Crippen molar-refractivity contribution >= 4 is 5.69 Å². The van der Waals surface area contributed by atoms with Crippen LogP contribution in [-0.4, -0.2) is 19.7 Å². The molecule has 2 rings (SSSR count). The van der Waals surface area contributed by atoms with Gasteiger partial charge in [-0.05, 0) is 6.07 Å². The normalized spacial score (nSPS) is 10.1. The molecule has 0 fully saturated rings. The zero-order valence-electron chi connectivity index (χ0n) is 7.88. The molecule has 14 heavy (non-hydrogen) atoms. The molecule has 0 aromatic carbocycles.